The fourth-order valence-corrected chi connectivity index (χ4v) is 4.78. The number of carbonyl (C=O) groups is 1. The first-order valence-corrected chi connectivity index (χ1v) is 10.2. The van der Waals surface area contributed by atoms with Crippen LogP contribution in [0.4, 0.5) is 0 Å². The highest BCUT2D eigenvalue weighted by molar-refractivity contribution is 7.07. The lowest BCUT2D eigenvalue weighted by atomic mass is 9.73. The van der Waals surface area contributed by atoms with Crippen LogP contribution in [0, 0.1) is 11.3 Å². The SMILES string of the molecule is O=C(Cc1ccsc1)N1CCC2OCCCC2(COCC2CC2)C1. The Labute approximate surface area is 148 Å². The van der Waals surface area contributed by atoms with Gasteiger partial charge in [0, 0.05) is 31.7 Å². The summed E-state index contributed by atoms with van der Waals surface area (Å²) in [6.07, 6.45) is 6.56. The van der Waals surface area contributed by atoms with Crippen LogP contribution < -0.4 is 0 Å². The molecular formula is C19H27NO3S. The standard InChI is InChI=1S/C19H27NO3S/c21-18(10-16-5-9-24-12-16)20-7-4-17-19(13-20,6-1-8-23-17)14-22-11-15-2-3-15/h5,9,12,15,17H,1-4,6-8,10-11,13-14H2. The van der Waals surface area contributed by atoms with Crippen LogP contribution in [-0.4, -0.2) is 49.8 Å². The minimum atomic E-state index is 0.00962. The molecule has 4 nitrogen and oxygen atoms in total. The second kappa shape index (κ2) is 7.14. The molecule has 0 spiro atoms. The molecule has 2 atom stereocenters. The average Bonchev–Trinajstić information content (AvgIpc) is 3.28. The Morgan fingerprint density at radius 3 is 3.12 bits per heavy atom. The largest absolute Gasteiger partial charge is 0.380 e. The summed E-state index contributed by atoms with van der Waals surface area (Å²) in [5, 5.41) is 4.11. The number of amides is 1. The van der Waals surface area contributed by atoms with Gasteiger partial charge < -0.3 is 14.4 Å². The summed E-state index contributed by atoms with van der Waals surface area (Å²) in [5.41, 5.74) is 1.14. The molecule has 1 amide bonds. The molecule has 132 valence electrons. The van der Waals surface area contributed by atoms with Crippen molar-refractivity contribution in [1.29, 1.82) is 0 Å². The van der Waals surface area contributed by atoms with Gasteiger partial charge in [-0.25, -0.2) is 0 Å². The molecule has 2 aliphatic heterocycles. The summed E-state index contributed by atoms with van der Waals surface area (Å²) >= 11 is 1.65. The first kappa shape index (κ1) is 16.6. The van der Waals surface area contributed by atoms with E-state index < -0.39 is 0 Å². The van der Waals surface area contributed by atoms with Gasteiger partial charge >= 0.3 is 0 Å². The van der Waals surface area contributed by atoms with Gasteiger partial charge in [-0.2, -0.15) is 11.3 Å². The highest BCUT2D eigenvalue weighted by atomic mass is 32.1. The van der Waals surface area contributed by atoms with E-state index in [0.29, 0.717) is 6.42 Å². The van der Waals surface area contributed by atoms with Crippen LogP contribution in [0.3, 0.4) is 0 Å². The Bertz CT molecular complexity index is 557. The van der Waals surface area contributed by atoms with E-state index in [1.54, 1.807) is 11.3 Å². The Morgan fingerprint density at radius 1 is 1.42 bits per heavy atom. The van der Waals surface area contributed by atoms with E-state index in [4.69, 9.17) is 9.47 Å². The van der Waals surface area contributed by atoms with Gasteiger partial charge in [-0.3, -0.25) is 4.79 Å². The second-order valence-electron chi connectivity index (χ2n) is 7.70. The lowest BCUT2D eigenvalue weighted by molar-refractivity contribution is -0.164. The molecule has 24 heavy (non-hydrogen) atoms. The molecule has 0 aromatic carbocycles. The Hall–Kier alpha value is -0.910. The molecule has 1 aromatic rings. The van der Waals surface area contributed by atoms with Crippen LogP contribution in [0.2, 0.25) is 0 Å². The number of hydrogen-bond acceptors (Lipinski definition) is 4. The average molecular weight is 349 g/mol. The Morgan fingerprint density at radius 2 is 2.33 bits per heavy atom. The number of fused-ring (bicyclic) bond motifs is 1. The molecule has 5 heteroatoms. The third kappa shape index (κ3) is 3.68. The van der Waals surface area contributed by atoms with Crippen molar-refractivity contribution in [3.63, 3.8) is 0 Å². The summed E-state index contributed by atoms with van der Waals surface area (Å²) < 4.78 is 12.2. The van der Waals surface area contributed by atoms with Crippen LogP contribution in [0.1, 0.15) is 37.7 Å². The molecule has 1 aromatic heterocycles. The van der Waals surface area contributed by atoms with Gasteiger partial charge in [0.25, 0.3) is 0 Å². The van der Waals surface area contributed by atoms with Gasteiger partial charge in [-0.05, 0) is 60.4 Å². The van der Waals surface area contributed by atoms with Crippen LogP contribution in [-0.2, 0) is 20.7 Å². The second-order valence-corrected chi connectivity index (χ2v) is 8.48. The van der Waals surface area contributed by atoms with Crippen LogP contribution in [0.15, 0.2) is 16.8 Å². The molecule has 0 radical (unpaired) electrons. The Balaban J connectivity index is 1.40. The number of thiophene rings is 1. The molecule has 2 saturated heterocycles. The molecule has 3 fully saturated rings. The van der Waals surface area contributed by atoms with Gasteiger partial charge in [0.05, 0.1) is 19.1 Å². The molecule has 0 N–H and O–H groups in total. The van der Waals surface area contributed by atoms with Crippen molar-refractivity contribution in [2.24, 2.45) is 11.3 Å². The maximum Gasteiger partial charge on any atom is 0.227 e. The fourth-order valence-electron chi connectivity index (χ4n) is 4.11. The van der Waals surface area contributed by atoms with Crippen molar-refractivity contribution in [3.05, 3.63) is 22.4 Å². The van der Waals surface area contributed by atoms with Crippen molar-refractivity contribution < 1.29 is 14.3 Å². The van der Waals surface area contributed by atoms with Crippen LogP contribution in [0.5, 0.6) is 0 Å². The highest BCUT2D eigenvalue weighted by Gasteiger charge is 2.47. The van der Waals surface area contributed by atoms with E-state index in [9.17, 15) is 4.79 Å². The number of rotatable bonds is 6. The molecule has 1 aliphatic carbocycles. The zero-order valence-corrected chi connectivity index (χ0v) is 15.1. The van der Waals surface area contributed by atoms with Crippen molar-refractivity contribution in [2.45, 2.75) is 44.6 Å². The van der Waals surface area contributed by atoms with E-state index in [0.717, 1.165) is 63.7 Å². The quantitative estimate of drug-likeness (QED) is 0.792. The summed E-state index contributed by atoms with van der Waals surface area (Å²) in [6, 6.07) is 2.05. The van der Waals surface area contributed by atoms with E-state index in [1.165, 1.54) is 12.8 Å². The summed E-state index contributed by atoms with van der Waals surface area (Å²) in [4.78, 5) is 14.8. The van der Waals surface area contributed by atoms with Crippen LogP contribution >= 0.6 is 11.3 Å². The molecule has 3 aliphatic rings. The summed E-state index contributed by atoms with van der Waals surface area (Å²) in [7, 11) is 0. The first-order valence-electron chi connectivity index (χ1n) is 9.23. The number of nitrogens with zero attached hydrogens (tertiary/aromatic N) is 1. The number of likely N-dealkylation sites (tertiary alicyclic amines) is 1. The monoisotopic (exact) mass is 349 g/mol. The highest BCUT2D eigenvalue weighted by Crippen LogP contribution is 2.41. The maximum absolute atomic E-state index is 12.7. The molecule has 4 rings (SSSR count). The summed E-state index contributed by atoms with van der Waals surface area (Å²) in [6.45, 7) is 4.11. The van der Waals surface area contributed by atoms with Crippen LogP contribution in [0.25, 0.3) is 0 Å². The zero-order valence-electron chi connectivity index (χ0n) is 14.2. The number of piperidine rings is 1. The number of ether oxygens (including phenoxy) is 2. The lowest BCUT2D eigenvalue weighted by Gasteiger charge is -2.50. The number of carbonyl (C=O) groups excluding carboxylic acids is 1. The van der Waals surface area contributed by atoms with Crippen molar-refractivity contribution >= 4 is 17.2 Å². The van der Waals surface area contributed by atoms with Crippen molar-refractivity contribution in [3.8, 4) is 0 Å². The zero-order chi connectivity index (χ0) is 16.4. The van der Waals surface area contributed by atoms with Crippen molar-refractivity contribution in [2.75, 3.05) is 32.9 Å². The molecule has 3 heterocycles. The Kier molecular flexibility index (Phi) is 4.93. The van der Waals surface area contributed by atoms with Gasteiger partial charge in [0.1, 0.15) is 0 Å². The van der Waals surface area contributed by atoms with E-state index in [2.05, 4.69) is 10.3 Å². The fraction of sp³-hybridized carbons (Fsp3) is 0.737. The minimum absolute atomic E-state index is 0.00962. The third-order valence-electron chi connectivity index (χ3n) is 5.72. The number of hydrogen-bond donors (Lipinski definition) is 0. The maximum atomic E-state index is 12.7. The van der Waals surface area contributed by atoms with E-state index in [1.807, 2.05) is 11.4 Å². The molecular weight excluding hydrogens is 322 g/mol. The van der Waals surface area contributed by atoms with Gasteiger partial charge in [0.2, 0.25) is 5.91 Å². The molecule has 1 saturated carbocycles. The summed E-state index contributed by atoms with van der Waals surface area (Å²) in [5.74, 6) is 1.03. The van der Waals surface area contributed by atoms with E-state index in [-0.39, 0.29) is 17.4 Å². The topological polar surface area (TPSA) is 38.8 Å². The third-order valence-corrected chi connectivity index (χ3v) is 6.45. The van der Waals surface area contributed by atoms with Gasteiger partial charge in [-0.1, -0.05) is 0 Å². The predicted octanol–water partition coefficient (Wildman–Crippen LogP) is 3.11. The lowest BCUT2D eigenvalue weighted by Crippen LogP contribution is -2.58. The predicted molar refractivity (Wildman–Crippen MR) is 94.2 cm³/mol. The van der Waals surface area contributed by atoms with E-state index >= 15 is 0 Å². The smallest absolute Gasteiger partial charge is 0.227 e. The molecule has 2 unspecified atom stereocenters. The molecule has 0 bridgehead atoms. The normalized spacial score (nSPS) is 30.2. The van der Waals surface area contributed by atoms with Crippen molar-refractivity contribution in [1.82, 2.24) is 4.90 Å². The van der Waals surface area contributed by atoms with Gasteiger partial charge in [0.15, 0.2) is 0 Å². The minimum Gasteiger partial charge on any atom is -0.380 e. The van der Waals surface area contributed by atoms with Gasteiger partial charge in [-0.15, -0.1) is 0 Å². The first-order chi connectivity index (χ1) is 11.8.